The predicted molar refractivity (Wildman–Crippen MR) is 79.8 cm³/mol. The van der Waals surface area contributed by atoms with Gasteiger partial charge in [0, 0.05) is 36.4 Å². The number of rotatable bonds is 3. The van der Waals surface area contributed by atoms with Crippen molar-refractivity contribution in [3.8, 4) is 0 Å². The Kier molecular flexibility index (Phi) is 4.04. The second-order valence-corrected chi connectivity index (χ2v) is 5.66. The van der Waals surface area contributed by atoms with Gasteiger partial charge in [-0.3, -0.25) is 9.69 Å². The van der Waals surface area contributed by atoms with E-state index in [1.807, 2.05) is 0 Å². The van der Waals surface area contributed by atoms with E-state index in [9.17, 15) is 9.18 Å². The number of nitrogens with two attached hydrogens (primary N) is 1. The van der Waals surface area contributed by atoms with Gasteiger partial charge in [-0.25, -0.2) is 14.4 Å². The van der Waals surface area contributed by atoms with Crippen molar-refractivity contribution in [3.05, 3.63) is 57.9 Å². The van der Waals surface area contributed by atoms with Crippen LogP contribution in [0.5, 0.6) is 0 Å². The van der Waals surface area contributed by atoms with Crippen LogP contribution in [0.2, 0.25) is 5.02 Å². The molecule has 1 aliphatic heterocycles. The standard InChI is InChI=1S/C15H14ClFN4O/c16-11-2-1-10(12(17)5-11)7-21-4-3-9-6-19-15(14(18)22)20-13(9)8-21/h1-2,5-6H,3-4,7-8H2,(H2,18,22). The van der Waals surface area contributed by atoms with Crippen LogP contribution in [0.15, 0.2) is 24.4 Å². The first kappa shape index (κ1) is 14.9. The fourth-order valence-electron chi connectivity index (χ4n) is 2.50. The van der Waals surface area contributed by atoms with Crippen LogP contribution < -0.4 is 5.73 Å². The van der Waals surface area contributed by atoms with Crippen LogP contribution in [0.25, 0.3) is 0 Å². The Balaban J connectivity index is 1.78. The smallest absolute Gasteiger partial charge is 0.286 e. The Bertz CT molecular complexity index is 737. The van der Waals surface area contributed by atoms with Crippen LogP contribution in [0, 0.1) is 5.82 Å². The number of benzene rings is 1. The number of hydrogen-bond acceptors (Lipinski definition) is 4. The molecule has 1 aliphatic rings. The lowest BCUT2D eigenvalue weighted by atomic mass is 10.1. The summed E-state index contributed by atoms with van der Waals surface area (Å²) >= 11 is 5.76. The van der Waals surface area contributed by atoms with Gasteiger partial charge in [-0.15, -0.1) is 0 Å². The Morgan fingerprint density at radius 1 is 1.45 bits per heavy atom. The van der Waals surface area contributed by atoms with E-state index in [2.05, 4.69) is 14.9 Å². The molecule has 1 amide bonds. The predicted octanol–water partition coefficient (Wildman–Crippen LogP) is 1.93. The molecule has 0 saturated heterocycles. The zero-order valence-electron chi connectivity index (χ0n) is 11.7. The highest BCUT2D eigenvalue weighted by Gasteiger charge is 2.20. The molecule has 0 bridgehead atoms. The number of hydrogen-bond donors (Lipinski definition) is 1. The highest BCUT2D eigenvalue weighted by molar-refractivity contribution is 6.30. The molecule has 0 spiro atoms. The first-order valence-electron chi connectivity index (χ1n) is 6.84. The minimum absolute atomic E-state index is 0.0123. The second-order valence-electron chi connectivity index (χ2n) is 5.23. The van der Waals surface area contributed by atoms with Gasteiger partial charge in [0.1, 0.15) is 5.82 Å². The molecule has 0 aliphatic carbocycles. The van der Waals surface area contributed by atoms with Gasteiger partial charge in [-0.1, -0.05) is 17.7 Å². The number of carbonyl (C=O) groups excluding carboxylic acids is 1. The van der Waals surface area contributed by atoms with Crippen LogP contribution in [0.3, 0.4) is 0 Å². The summed E-state index contributed by atoms with van der Waals surface area (Å²) in [5.41, 5.74) is 7.55. The van der Waals surface area contributed by atoms with Crippen molar-refractivity contribution in [3.63, 3.8) is 0 Å². The molecule has 0 radical (unpaired) electrons. The quantitative estimate of drug-likeness (QED) is 0.938. The number of aromatic nitrogens is 2. The Hall–Kier alpha value is -2.05. The Morgan fingerprint density at radius 2 is 2.27 bits per heavy atom. The zero-order valence-corrected chi connectivity index (χ0v) is 12.5. The van der Waals surface area contributed by atoms with Gasteiger partial charge >= 0.3 is 0 Å². The number of amides is 1. The minimum Gasteiger partial charge on any atom is -0.363 e. The summed E-state index contributed by atoms with van der Waals surface area (Å²) in [6, 6.07) is 4.66. The summed E-state index contributed by atoms with van der Waals surface area (Å²) in [6.45, 7) is 1.76. The lowest BCUT2D eigenvalue weighted by molar-refractivity contribution is 0.0989. The minimum atomic E-state index is -0.649. The van der Waals surface area contributed by atoms with Crippen LogP contribution in [-0.4, -0.2) is 27.3 Å². The molecule has 1 aromatic carbocycles. The SMILES string of the molecule is NC(=O)c1ncc2c(n1)CN(Cc1ccc(Cl)cc1F)CC2. The van der Waals surface area contributed by atoms with Crippen LogP contribution in [-0.2, 0) is 19.5 Å². The highest BCUT2D eigenvalue weighted by Crippen LogP contribution is 2.21. The fraction of sp³-hybridized carbons (Fsp3) is 0.267. The molecule has 114 valence electrons. The monoisotopic (exact) mass is 320 g/mol. The Labute approximate surface area is 131 Å². The van der Waals surface area contributed by atoms with E-state index in [1.165, 1.54) is 6.07 Å². The summed E-state index contributed by atoms with van der Waals surface area (Å²) in [5, 5.41) is 0.379. The number of fused-ring (bicyclic) bond motifs is 1. The first-order valence-corrected chi connectivity index (χ1v) is 7.21. The van der Waals surface area contributed by atoms with Crippen molar-refractivity contribution in [1.82, 2.24) is 14.9 Å². The topological polar surface area (TPSA) is 72.1 Å². The summed E-state index contributed by atoms with van der Waals surface area (Å²) < 4.78 is 13.9. The highest BCUT2D eigenvalue weighted by atomic mass is 35.5. The van der Waals surface area contributed by atoms with Gasteiger partial charge in [-0.2, -0.15) is 0 Å². The average molecular weight is 321 g/mol. The molecule has 3 rings (SSSR count). The fourth-order valence-corrected chi connectivity index (χ4v) is 2.66. The molecular formula is C15H14ClFN4O. The maximum atomic E-state index is 13.9. The molecule has 7 heteroatoms. The molecular weight excluding hydrogens is 307 g/mol. The molecule has 0 saturated carbocycles. The number of carbonyl (C=O) groups is 1. The van der Waals surface area contributed by atoms with Crippen molar-refractivity contribution in [2.24, 2.45) is 5.73 Å². The lowest BCUT2D eigenvalue weighted by Gasteiger charge is -2.28. The molecule has 1 aromatic heterocycles. The van der Waals surface area contributed by atoms with E-state index in [0.29, 0.717) is 23.7 Å². The molecule has 2 heterocycles. The van der Waals surface area contributed by atoms with E-state index in [4.69, 9.17) is 17.3 Å². The average Bonchev–Trinajstić information content (AvgIpc) is 2.49. The van der Waals surface area contributed by atoms with E-state index < -0.39 is 5.91 Å². The van der Waals surface area contributed by atoms with E-state index in [1.54, 1.807) is 18.3 Å². The molecule has 5 nitrogen and oxygen atoms in total. The molecule has 2 aromatic rings. The van der Waals surface area contributed by atoms with Crippen molar-refractivity contribution in [2.75, 3.05) is 6.54 Å². The Morgan fingerprint density at radius 3 is 3.00 bits per heavy atom. The summed E-state index contributed by atoms with van der Waals surface area (Å²) in [5.74, 6) is -0.958. The van der Waals surface area contributed by atoms with Gasteiger partial charge in [0.25, 0.3) is 5.91 Å². The van der Waals surface area contributed by atoms with Gasteiger partial charge in [-0.05, 0) is 24.1 Å². The maximum absolute atomic E-state index is 13.9. The molecule has 0 atom stereocenters. The van der Waals surface area contributed by atoms with E-state index in [-0.39, 0.29) is 11.6 Å². The first-order chi connectivity index (χ1) is 10.5. The number of halogens is 2. The molecule has 2 N–H and O–H groups in total. The third kappa shape index (κ3) is 3.08. The summed E-state index contributed by atoms with van der Waals surface area (Å²) in [7, 11) is 0. The molecule has 22 heavy (non-hydrogen) atoms. The lowest BCUT2D eigenvalue weighted by Crippen LogP contribution is -2.32. The number of nitrogens with zero attached hydrogens (tertiary/aromatic N) is 3. The van der Waals surface area contributed by atoms with Gasteiger partial charge in [0.05, 0.1) is 5.69 Å². The third-order valence-corrected chi connectivity index (χ3v) is 3.89. The van der Waals surface area contributed by atoms with Gasteiger partial charge < -0.3 is 5.73 Å². The summed E-state index contributed by atoms with van der Waals surface area (Å²) in [4.78, 5) is 21.4. The third-order valence-electron chi connectivity index (χ3n) is 3.65. The van der Waals surface area contributed by atoms with Crippen molar-refractivity contribution < 1.29 is 9.18 Å². The zero-order chi connectivity index (χ0) is 15.7. The normalized spacial score (nSPS) is 14.6. The van der Waals surface area contributed by atoms with Crippen molar-refractivity contribution >= 4 is 17.5 Å². The van der Waals surface area contributed by atoms with E-state index in [0.717, 1.165) is 24.2 Å². The van der Waals surface area contributed by atoms with Gasteiger partial charge in [0.2, 0.25) is 5.82 Å². The van der Waals surface area contributed by atoms with Crippen molar-refractivity contribution in [2.45, 2.75) is 19.5 Å². The van der Waals surface area contributed by atoms with Crippen LogP contribution >= 0.6 is 11.6 Å². The van der Waals surface area contributed by atoms with Crippen LogP contribution in [0.4, 0.5) is 4.39 Å². The maximum Gasteiger partial charge on any atom is 0.286 e. The van der Waals surface area contributed by atoms with Crippen molar-refractivity contribution in [1.29, 1.82) is 0 Å². The van der Waals surface area contributed by atoms with E-state index >= 15 is 0 Å². The largest absolute Gasteiger partial charge is 0.363 e. The summed E-state index contributed by atoms with van der Waals surface area (Å²) in [6.07, 6.45) is 2.40. The van der Waals surface area contributed by atoms with Crippen LogP contribution in [0.1, 0.15) is 27.4 Å². The second kappa shape index (κ2) is 5.98. The molecule has 0 unspecified atom stereocenters. The number of primary amides is 1. The molecule has 0 fully saturated rings. The van der Waals surface area contributed by atoms with Gasteiger partial charge in [0.15, 0.2) is 0 Å².